The fraction of sp³-hybridized carbons (Fsp3) is 0.529. The number of carbonyl (C=O) groups is 2. The van der Waals surface area contributed by atoms with Crippen molar-refractivity contribution in [2.75, 3.05) is 0 Å². The first kappa shape index (κ1) is 19.2. The van der Waals surface area contributed by atoms with Gasteiger partial charge in [-0.2, -0.15) is 0 Å². The predicted octanol–water partition coefficient (Wildman–Crippen LogP) is 4.48. The van der Waals surface area contributed by atoms with E-state index in [1.807, 2.05) is 0 Å². The Labute approximate surface area is 126 Å². The summed E-state index contributed by atoms with van der Waals surface area (Å²) in [6, 6.07) is 4.26. The Bertz CT molecular complexity index is 434. The van der Waals surface area contributed by atoms with E-state index in [1.165, 1.54) is 37.5 Å². The average Bonchev–Trinajstić information content (AvgIpc) is 2.46. The van der Waals surface area contributed by atoms with E-state index in [0.29, 0.717) is 12.0 Å². The van der Waals surface area contributed by atoms with Crippen molar-refractivity contribution in [1.29, 1.82) is 0 Å². The lowest BCUT2D eigenvalue weighted by Crippen LogP contribution is -2.08. The second kappa shape index (κ2) is 9.97. The fourth-order valence-corrected chi connectivity index (χ4v) is 2.07. The first-order valence-corrected chi connectivity index (χ1v) is 7.47. The zero-order valence-corrected chi connectivity index (χ0v) is 13.3. The lowest BCUT2D eigenvalue weighted by Gasteiger charge is -2.06. The molecule has 1 atom stereocenters. The van der Waals surface area contributed by atoms with E-state index in [4.69, 9.17) is 10.2 Å². The highest BCUT2D eigenvalue weighted by Crippen LogP contribution is 2.15. The van der Waals surface area contributed by atoms with Gasteiger partial charge in [-0.15, -0.1) is 0 Å². The van der Waals surface area contributed by atoms with E-state index in [-0.39, 0.29) is 11.1 Å². The molecule has 0 aromatic heterocycles. The smallest absolute Gasteiger partial charge is 0.335 e. The summed E-state index contributed by atoms with van der Waals surface area (Å²) >= 11 is 0. The van der Waals surface area contributed by atoms with Crippen LogP contribution in [-0.4, -0.2) is 22.2 Å². The molecule has 0 amide bonds. The number of hydrogen-bond donors (Lipinski definition) is 2. The summed E-state index contributed by atoms with van der Waals surface area (Å²) in [5.41, 5.74) is 0.493. The highest BCUT2D eigenvalue weighted by atomic mass is 16.4. The number of benzene rings is 1. The van der Waals surface area contributed by atoms with E-state index in [9.17, 15) is 9.59 Å². The number of carboxylic acids is 2. The highest BCUT2D eigenvalue weighted by molar-refractivity contribution is 5.96. The Balaban J connectivity index is 0.000000486. The van der Waals surface area contributed by atoms with Crippen molar-refractivity contribution in [1.82, 2.24) is 0 Å². The second-order valence-electron chi connectivity index (χ2n) is 5.10. The number of aromatic carboxylic acids is 2. The molecule has 21 heavy (non-hydrogen) atoms. The summed E-state index contributed by atoms with van der Waals surface area (Å²) in [6.45, 7) is 8.53. The van der Waals surface area contributed by atoms with Gasteiger partial charge < -0.3 is 10.2 Å². The molecule has 2 N–H and O–H groups in total. The molecule has 118 valence electrons. The van der Waals surface area contributed by atoms with Crippen molar-refractivity contribution < 1.29 is 19.8 Å². The molecule has 1 rings (SSSR count). The lowest BCUT2D eigenvalue weighted by atomic mass is 9.99. The van der Waals surface area contributed by atoms with Crippen LogP contribution in [0.1, 0.15) is 73.2 Å². The monoisotopic (exact) mass is 294 g/mol. The molecule has 0 spiro atoms. The number of hydrogen-bond acceptors (Lipinski definition) is 2. The van der Waals surface area contributed by atoms with Crippen LogP contribution in [0.25, 0.3) is 0 Å². The highest BCUT2D eigenvalue weighted by Gasteiger charge is 2.15. The standard InChI is InChI=1S/C10H10O4.C7H16/c1-2-6-7(9(11)12)4-3-5-8(6)10(13)14;1-4-6-7(3)5-2/h3-5H,2H2,1H3,(H,11,12)(H,13,14);7H,4-6H2,1-3H3. The van der Waals surface area contributed by atoms with Gasteiger partial charge >= 0.3 is 11.9 Å². The molecule has 0 radical (unpaired) electrons. The molecular weight excluding hydrogens is 268 g/mol. The summed E-state index contributed by atoms with van der Waals surface area (Å²) < 4.78 is 0. The molecule has 1 aromatic rings. The van der Waals surface area contributed by atoms with Crippen LogP contribution in [0.3, 0.4) is 0 Å². The molecule has 0 fully saturated rings. The van der Waals surface area contributed by atoms with Gasteiger partial charge in [0.25, 0.3) is 0 Å². The minimum Gasteiger partial charge on any atom is -0.478 e. The molecule has 0 aliphatic rings. The molecule has 0 heterocycles. The van der Waals surface area contributed by atoms with E-state index in [0.717, 1.165) is 5.92 Å². The van der Waals surface area contributed by atoms with Gasteiger partial charge in [0, 0.05) is 0 Å². The van der Waals surface area contributed by atoms with Gasteiger partial charge in [-0.1, -0.05) is 53.0 Å². The van der Waals surface area contributed by atoms with Crippen molar-refractivity contribution in [2.24, 2.45) is 5.92 Å². The van der Waals surface area contributed by atoms with E-state index in [1.54, 1.807) is 6.92 Å². The normalized spacial score (nSPS) is 11.2. The fourth-order valence-electron chi connectivity index (χ4n) is 2.07. The summed E-state index contributed by atoms with van der Waals surface area (Å²) in [5, 5.41) is 17.6. The lowest BCUT2D eigenvalue weighted by molar-refractivity contribution is 0.0695. The molecule has 0 saturated carbocycles. The topological polar surface area (TPSA) is 74.6 Å². The molecule has 0 bridgehead atoms. The zero-order valence-electron chi connectivity index (χ0n) is 13.3. The Morgan fingerprint density at radius 1 is 1.05 bits per heavy atom. The maximum atomic E-state index is 10.8. The van der Waals surface area contributed by atoms with E-state index in [2.05, 4.69) is 20.8 Å². The van der Waals surface area contributed by atoms with Crippen LogP contribution in [0.5, 0.6) is 0 Å². The summed E-state index contributed by atoms with van der Waals surface area (Å²) in [7, 11) is 0. The van der Waals surface area contributed by atoms with Gasteiger partial charge in [0.2, 0.25) is 0 Å². The van der Waals surface area contributed by atoms with Crippen LogP contribution in [0.15, 0.2) is 18.2 Å². The molecule has 4 heteroatoms. The SMILES string of the molecule is CCCC(C)CC.CCc1c(C(=O)O)cccc1C(=O)O. The summed E-state index contributed by atoms with van der Waals surface area (Å²) in [5.74, 6) is -1.24. The van der Waals surface area contributed by atoms with Gasteiger partial charge in [-0.05, 0) is 30.0 Å². The quantitative estimate of drug-likeness (QED) is 0.811. The maximum absolute atomic E-state index is 10.8. The van der Waals surface area contributed by atoms with Crippen LogP contribution >= 0.6 is 0 Å². The predicted molar refractivity (Wildman–Crippen MR) is 84.1 cm³/mol. The Morgan fingerprint density at radius 2 is 1.52 bits per heavy atom. The van der Waals surface area contributed by atoms with Crippen LogP contribution in [0, 0.1) is 5.92 Å². The molecule has 1 aromatic carbocycles. The summed E-state index contributed by atoms with van der Waals surface area (Å²) in [4.78, 5) is 21.5. The third-order valence-corrected chi connectivity index (χ3v) is 3.47. The minimum atomic E-state index is -1.09. The van der Waals surface area contributed by atoms with Crippen molar-refractivity contribution in [3.05, 3.63) is 34.9 Å². The van der Waals surface area contributed by atoms with Gasteiger partial charge in [-0.3, -0.25) is 0 Å². The van der Waals surface area contributed by atoms with Crippen LogP contribution in [0.4, 0.5) is 0 Å². The van der Waals surface area contributed by atoms with Gasteiger partial charge in [0.05, 0.1) is 11.1 Å². The average molecular weight is 294 g/mol. The van der Waals surface area contributed by atoms with Crippen LogP contribution < -0.4 is 0 Å². The van der Waals surface area contributed by atoms with Gasteiger partial charge in [-0.25, -0.2) is 9.59 Å². The third-order valence-electron chi connectivity index (χ3n) is 3.47. The van der Waals surface area contributed by atoms with Crippen molar-refractivity contribution in [3.8, 4) is 0 Å². The maximum Gasteiger partial charge on any atom is 0.335 e. The molecular formula is C17H26O4. The van der Waals surface area contributed by atoms with Crippen molar-refractivity contribution >= 4 is 11.9 Å². The second-order valence-corrected chi connectivity index (χ2v) is 5.10. The van der Waals surface area contributed by atoms with Crippen molar-refractivity contribution in [2.45, 2.75) is 53.4 Å². The van der Waals surface area contributed by atoms with Crippen LogP contribution in [0.2, 0.25) is 0 Å². The number of carboxylic acid groups (broad SMARTS) is 2. The molecule has 0 aliphatic heterocycles. The first-order chi connectivity index (χ1) is 9.88. The Hall–Kier alpha value is -1.84. The first-order valence-electron chi connectivity index (χ1n) is 7.47. The summed E-state index contributed by atoms with van der Waals surface area (Å²) in [6.07, 6.45) is 4.48. The largest absolute Gasteiger partial charge is 0.478 e. The van der Waals surface area contributed by atoms with Crippen molar-refractivity contribution in [3.63, 3.8) is 0 Å². The molecule has 0 aliphatic carbocycles. The van der Waals surface area contributed by atoms with Gasteiger partial charge in [0.1, 0.15) is 0 Å². The Kier molecular flexibility index (Phi) is 9.10. The molecule has 4 nitrogen and oxygen atoms in total. The zero-order chi connectivity index (χ0) is 16.4. The van der Waals surface area contributed by atoms with E-state index >= 15 is 0 Å². The molecule has 0 saturated heterocycles. The minimum absolute atomic E-state index is 0.0624. The number of rotatable bonds is 6. The van der Waals surface area contributed by atoms with Crippen LogP contribution in [-0.2, 0) is 6.42 Å². The Morgan fingerprint density at radius 3 is 1.76 bits per heavy atom. The third kappa shape index (κ3) is 6.43. The van der Waals surface area contributed by atoms with E-state index < -0.39 is 11.9 Å². The molecule has 1 unspecified atom stereocenters. The van der Waals surface area contributed by atoms with Gasteiger partial charge in [0.15, 0.2) is 0 Å².